The number of hydrogen-bond acceptors (Lipinski definition) is 3. The van der Waals surface area contributed by atoms with Crippen molar-refractivity contribution < 1.29 is 4.65 Å². The highest BCUT2D eigenvalue weighted by Gasteiger charge is 1.97. The summed E-state index contributed by atoms with van der Waals surface area (Å²) in [5, 5.41) is 0. The summed E-state index contributed by atoms with van der Waals surface area (Å²) in [7, 11) is 3.10. The molecule has 61 valence electrons. The van der Waals surface area contributed by atoms with Crippen molar-refractivity contribution in [2.45, 2.75) is 13.3 Å². The Morgan fingerprint density at radius 2 is 2.45 bits per heavy atom. The molecule has 0 aromatic rings. The number of allylic oxidation sites excluding steroid dienone is 1. The van der Waals surface area contributed by atoms with Crippen LogP contribution in [0.2, 0.25) is 0 Å². The highest BCUT2D eigenvalue weighted by atomic mass is 16.4. The summed E-state index contributed by atoms with van der Waals surface area (Å²) < 4.78 is 4.77. The fourth-order valence-electron chi connectivity index (χ4n) is 0.531. The van der Waals surface area contributed by atoms with Crippen molar-refractivity contribution in [1.82, 2.24) is 4.81 Å². The molecule has 0 spiro atoms. The maximum atomic E-state index is 5.58. The second-order valence-electron chi connectivity index (χ2n) is 2.03. The predicted molar refractivity (Wildman–Crippen MR) is 47.4 cm³/mol. The lowest BCUT2D eigenvalue weighted by atomic mass is 10.2. The van der Waals surface area contributed by atoms with Crippen molar-refractivity contribution in [2.24, 2.45) is 5.73 Å². The van der Waals surface area contributed by atoms with Gasteiger partial charge in [-0.3, -0.25) is 0 Å². The van der Waals surface area contributed by atoms with Crippen LogP contribution in [0.25, 0.3) is 0 Å². The summed E-state index contributed by atoms with van der Waals surface area (Å²) in [4.78, 5) is 1.67. The van der Waals surface area contributed by atoms with E-state index in [1.165, 1.54) is 7.62 Å². The maximum absolute atomic E-state index is 5.58. The lowest BCUT2D eigenvalue weighted by Crippen LogP contribution is -2.18. The first-order valence-corrected chi connectivity index (χ1v) is 3.46. The molecule has 0 bridgehead atoms. The van der Waals surface area contributed by atoms with Crippen LogP contribution in [0.5, 0.6) is 0 Å². The van der Waals surface area contributed by atoms with Crippen molar-refractivity contribution in [3.63, 3.8) is 0 Å². The van der Waals surface area contributed by atoms with Crippen LogP contribution >= 0.6 is 0 Å². The van der Waals surface area contributed by atoms with Gasteiger partial charge >= 0.3 is 7.62 Å². The number of hydrogen-bond donors (Lipinski definition) is 1. The fraction of sp³-hybridized carbons (Fsp3) is 0.429. The molecule has 2 N–H and O–H groups in total. The molecule has 0 unspecified atom stereocenters. The predicted octanol–water partition coefficient (Wildman–Crippen LogP) is 0.823. The molecular weight excluding hydrogens is 139 g/mol. The van der Waals surface area contributed by atoms with Gasteiger partial charge in [0.15, 0.2) is 0 Å². The quantitative estimate of drug-likeness (QED) is 0.594. The van der Waals surface area contributed by atoms with Gasteiger partial charge in [0, 0.05) is 19.0 Å². The minimum absolute atomic E-state index is 0.790. The van der Waals surface area contributed by atoms with E-state index in [4.69, 9.17) is 10.4 Å². The molecule has 3 nitrogen and oxygen atoms in total. The van der Waals surface area contributed by atoms with Gasteiger partial charge in [0.05, 0.1) is 0 Å². The summed E-state index contributed by atoms with van der Waals surface area (Å²) in [5.74, 6) is 0. The number of nitrogens with zero attached hydrogens (tertiary/aromatic N) is 1. The third-order valence-corrected chi connectivity index (χ3v) is 1.16. The molecular formula is C7H14BN2O. The van der Waals surface area contributed by atoms with Gasteiger partial charge in [-0.2, -0.15) is 0 Å². The average Bonchev–Trinajstić information content (AvgIpc) is 2.03. The van der Waals surface area contributed by atoms with E-state index >= 15 is 0 Å². The molecule has 0 saturated carbocycles. The Morgan fingerprint density at radius 1 is 1.82 bits per heavy atom. The highest BCUT2D eigenvalue weighted by Crippen LogP contribution is 1.95. The van der Waals surface area contributed by atoms with E-state index in [2.05, 4.69) is 6.58 Å². The smallest absolute Gasteiger partial charge is 0.422 e. The maximum Gasteiger partial charge on any atom is 0.442 e. The van der Waals surface area contributed by atoms with E-state index < -0.39 is 0 Å². The van der Waals surface area contributed by atoms with Crippen LogP contribution in [0.3, 0.4) is 0 Å². The lowest BCUT2D eigenvalue weighted by Gasteiger charge is -2.11. The third kappa shape index (κ3) is 4.50. The summed E-state index contributed by atoms with van der Waals surface area (Å²) in [6.45, 7) is 5.57. The monoisotopic (exact) mass is 153 g/mol. The Bertz CT molecular complexity index is 147. The Balaban J connectivity index is 3.94. The van der Waals surface area contributed by atoms with E-state index in [1.54, 1.807) is 24.3 Å². The first kappa shape index (κ1) is 10.1. The standard InChI is InChI=1S/C7H14BN2O/c1-4-7(9)6-10(5-2)8-11-3/h5-6H,2,4,9H2,1,3H3/b7-6-. The van der Waals surface area contributed by atoms with Crippen LogP contribution in [-0.2, 0) is 4.65 Å². The first-order chi connectivity index (χ1) is 5.24. The second kappa shape index (κ2) is 5.86. The van der Waals surface area contributed by atoms with Crippen LogP contribution in [0.1, 0.15) is 13.3 Å². The molecule has 11 heavy (non-hydrogen) atoms. The summed E-state index contributed by atoms with van der Waals surface area (Å²) in [6.07, 6.45) is 4.20. The van der Waals surface area contributed by atoms with E-state index in [1.807, 2.05) is 6.92 Å². The normalized spacial score (nSPS) is 10.9. The van der Waals surface area contributed by atoms with Crippen LogP contribution in [0.15, 0.2) is 24.7 Å². The molecule has 0 saturated heterocycles. The molecule has 0 atom stereocenters. The summed E-state index contributed by atoms with van der Waals surface area (Å²) >= 11 is 0. The largest absolute Gasteiger partial charge is 0.442 e. The minimum Gasteiger partial charge on any atom is -0.422 e. The molecule has 0 aromatic carbocycles. The highest BCUT2D eigenvalue weighted by molar-refractivity contribution is 6.24. The van der Waals surface area contributed by atoms with Crippen molar-refractivity contribution in [2.75, 3.05) is 7.11 Å². The van der Waals surface area contributed by atoms with Crippen LogP contribution in [0.4, 0.5) is 0 Å². The molecule has 0 rings (SSSR count). The molecule has 0 aliphatic carbocycles. The molecule has 1 radical (unpaired) electrons. The third-order valence-electron chi connectivity index (χ3n) is 1.16. The summed E-state index contributed by atoms with van der Waals surface area (Å²) in [5.41, 5.74) is 6.37. The molecule has 0 fully saturated rings. The van der Waals surface area contributed by atoms with E-state index in [0.717, 1.165) is 12.1 Å². The van der Waals surface area contributed by atoms with Crippen LogP contribution in [0, 0.1) is 0 Å². The molecule has 0 aliphatic rings. The zero-order chi connectivity index (χ0) is 8.69. The van der Waals surface area contributed by atoms with Crippen molar-refractivity contribution in [1.29, 1.82) is 0 Å². The molecule has 0 amide bonds. The first-order valence-electron chi connectivity index (χ1n) is 3.46. The Hall–Kier alpha value is -0.895. The van der Waals surface area contributed by atoms with Gasteiger partial charge in [-0.25, -0.2) is 0 Å². The Morgan fingerprint density at radius 3 is 2.82 bits per heavy atom. The van der Waals surface area contributed by atoms with E-state index in [0.29, 0.717) is 0 Å². The van der Waals surface area contributed by atoms with Crippen molar-refractivity contribution in [3.05, 3.63) is 24.7 Å². The Labute approximate surface area is 68.8 Å². The van der Waals surface area contributed by atoms with Gasteiger partial charge in [-0.1, -0.05) is 13.5 Å². The van der Waals surface area contributed by atoms with Crippen LogP contribution < -0.4 is 5.73 Å². The SMILES string of the molecule is C=CN([B]OC)/C=C(\N)CC. The van der Waals surface area contributed by atoms with E-state index in [9.17, 15) is 0 Å². The zero-order valence-electron chi connectivity index (χ0n) is 7.08. The van der Waals surface area contributed by atoms with Crippen molar-refractivity contribution in [3.8, 4) is 0 Å². The van der Waals surface area contributed by atoms with E-state index in [-0.39, 0.29) is 0 Å². The number of nitrogens with two attached hydrogens (primary N) is 1. The van der Waals surface area contributed by atoms with Gasteiger partial charge in [0.2, 0.25) is 0 Å². The molecule has 4 heteroatoms. The molecule has 0 aliphatic heterocycles. The topological polar surface area (TPSA) is 38.5 Å². The average molecular weight is 153 g/mol. The van der Waals surface area contributed by atoms with Crippen LogP contribution in [-0.4, -0.2) is 19.5 Å². The zero-order valence-corrected chi connectivity index (χ0v) is 7.08. The van der Waals surface area contributed by atoms with Gasteiger partial charge in [-0.05, 0) is 12.6 Å². The van der Waals surface area contributed by atoms with Gasteiger partial charge in [0.1, 0.15) is 0 Å². The van der Waals surface area contributed by atoms with Gasteiger partial charge in [0.25, 0.3) is 0 Å². The van der Waals surface area contributed by atoms with Crippen molar-refractivity contribution >= 4 is 7.62 Å². The lowest BCUT2D eigenvalue weighted by molar-refractivity contribution is 0.409. The minimum atomic E-state index is 0.790. The Kier molecular flexibility index (Phi) is 5.38. The second-order valence-corrected chi connectivity index (χ2v) is 2.03. The van der Waals surface area contributed by atoms with Gasteiger partial charge < -0.3 is 15.2 Å². The molecule has 0 aromatic heterocycles. The fourth-order valence-corrected chi connectivity index (χ4v) is 0.531. The van der Waals surface area contributed by atoms with Gasteiger partial charge in [-0.15, -0.1) is 0 Å². The molecule has 0 heterocycles. The summed E-state index contributed by atoms with van der Waals surface area (Å²) in [6, 6.07) is 0. The number of rotatable bonds is 5.